The Labute approximate surface area is 359 Å². The van der Waals surface area contributed by atoms with Gasteiger partial charge in [-0.2, -0.15) is 0 Å². The molecule has 0 bridgehead atoms. The third-order valence-electron chi connectivity index (χ3n) is 8.30. The normalized spacial score (nSPS) is 13.6. The van der Waals surface area contributed by atoms with E-state index < -0.39 is 12.1 Å². The molecule has 0 N–H and O–H groups in total. The van der Waals surface area contributed by atoms with Crippen LogP contribution in [-0.2, 0) is 28.6 Å². The smallest absolute Gasteiger partial charge is 0.309 e. The molecule has 0 aliphatic rings. The summed E-state index contributed by atoms with van der Waals surface area (Å²) in [4.78, 5) is 37.6. The number of allylic oxidation sites excluding steroid dienone is 25. The summed E-state index contributed by atoms with van der Waals surface area (Å²) in [5, 5.41) is 0. The standard InChI is InChI=1S/C53H76O6/c1-4-7-10-13-16-19-21-23-24-25-26-27-28-30-31-34-37-40-43-46-52(55)58-49-50(48-57-51(54)45-42-39-36-33-18-15-12-9-6-3)59-53(56)47-44-41-38-35-32-29-22-20-17-14-11-8-5-2/h7-14,16-28,30-31,33,39,42,50H,4-6,15,29,32,34-38,40-41,43-49H2,1-3H3/b10-7-,11-8-,12-9-,16-13-,17-14-,21-19-,22-20-,24-23-,26-25+,28-27-,31-30-,33-18-,42-39-. The van der Waals surface area contributed by atoms with Gasteiger partial charge in [-0.25, -0.2) is 0 Å². The first-order valence-electron chi connectivity index (χ1n) is 22.1. The molecule has 0 fully saturated rings. The fourth-order valence-electron chi connectivity index (χ4n) is 5.07. The van der Waals surface area contributed by atoms with Gasteiger partial charge in [0.15, 0.2) is 6.10 Å². The Bertz CT molecular complexity index is 1440. The molecule has 0 saturated heterocycles. The highest BCUT2D eigenvalue weighted by atomic mass is 16.6. The predicted molar refractivity (Wildman–Crippen MR) is 251 cm³/mol. The Hall–Kier alpha value is -4.97. The third kappa shape index (κ3) is 44.0. The van der Waals surface area contributed by atoms with E-state index in [4.69, 9.17) is 14.2 Å². The molecule has 0 aromatic carbocycles. The largest absolute Gasteiger partial charge is 0.462 e. The Morgan fingerprint density at radius 1 is 0.373 bits per heavy atom. The Morgan fingerprint density at radius 2 is 0.746 bits per heavy atom. The molecule has 0 aliphatic carbocycles. The number of carbonyl (C=O) groups is 3. The van der Waals surface area contributed by atoms with Gasteiger partial charge in [-0.3, -0.25) is 14.4 Å². The fraction of sp³-hybridized carbons (Fsp3) is 0.453. The maximum atomic E-state index is 12.7. The summed E-state index contributed by atoms with van der Waals surface area (Å²) >= 11 is 0. The van der Waals surface area contributed by atoms with Crippen molar-refractivity contribution in [2.75, 3.05) is 13.2 Å². The van der Waals surface area contributed by atoms with E-state index in [0.717, 1.165) is 89.9 Å². The minimum absolute atomic E-state index is 0.112. The number of ether oxygens (including phenoxy) is 3. The molecule has 6 nitrogen and oxygen atoms in total. The van der Waals surface area contributed by atoms with Crippen LogP contribution in [0, 0.1) is 0 Å². The van der Waals surface area contributed by atoms with Gasteiger partial charge in [0.25, 0.3) is 0 Å². The first kappa shape index (κ1) is 54.0. The van der Waals surface area contributed by atoms with Crippen LogP contribution in [0.1, 0.15) is 136 Å². The van der Waals surface area contributed by atoms with Crippen molar-refractivity contribution in [3.63, 3.8) is 0 Å². The number of esters is 3. The molecule has 6 heteroatoms. The Balaban J connectivity index is 4.60. The van der Waals surface area contributed by atoms with Crippen molar-refractivity contribution < 1.29 is 28.6 Å². The second kappa shape index (κ2) is 45.7. The van der Waals surface area contributed by atoms with Crippen LogP contribution in [-0.4, -0.2) is 37.2 Å². The zero-order chi connectivity index (χ0) is 43.0. The minimum Gasteiger partial charge on any atom is -0.462 e. The van der Waals surface area contributed by atoms with Crippen LogP contribution >= 0.6 is 0 Å². The first-order chi connectivity index (χ1) is 29.0. The summed E-state index contributed by atoms with van der Waals surface area (Å²) < 4.78 is 16.5. The van der Waals surface area contributed by atoms with Crippen LogP contribution in [0.5, 0.6) is 0 Å². The van der Waals surface area contributed by atoms with Gasteiger partial charge in [0.1, 0.15) is 13.2 Å². The molecule has 0 amide bonds. The van der Waals surface area contributed by atoms with Crippen LogP contribution in [0.3, 0.4) is 0 Å². The molecular formula is C53H76O6. The minimum atomic E-state index is -0.849. The molecule has 0 saturated carbocycles. The van der Waals surface area contributed by atoms with E-state index in [-0.39, 0.29) is 44.4 Å². The fourth-order valence-corrected chi connectivity index (χ4v) is 5.07. The SMILES string of the molecule is CC\C=C/C=C\C=C/C=C\C=C\C=C/C=C\CCCCCC(=O)OCC(COC(=O)C/C=C\C/C=C\C/C=C\CC)OC(=O)CCCCCCC\C=C/C=C\C=C/CC. The lowest BCUT2D eigenvalue weighted by molar-refractivity contribution is -0.166. The van der Waals surface area contributed by atoms with Gasteiger partial charge in [-0.1, -0.05) is 204 Å². The van der Waals surface area contributed by atoms with E-state index >= 15 is 0 Å². The van der Waals surface area contributed by atoms with Crippen LogP contribution in [0.4, 0.5) is 0 Å². The lowest BCUT2D eigenvalue weighted by atomic mass is 10.1. The predicted octanol–water partition coefficient (Wildman–Crippen LogP) is 14.3. The number of rotatable bonds is 36. The van der Waals surface area contributed by atoms with Crippen molar-refractivity contribution >= 4 is 17.9 Å². The number of unbranched alkanes of at least 4 members (excludes halogenated alkanes) is 8. The molecule has 0 aliphatic heterocycles. The monoisotopic (exact) mass is 809 g/mol. The quantitative estimate of drug-likeness (QED) is 0.0206. The molecule has 0 aromatic rings. The molecule has 0 radical (unpaired) electrons. The van der Waals surface area contributed by atoms with Crippen molar-refractivity contribution in [3.8, 4) is 0 Å². The van der Waals surface area contributed by atoms with Crippen molar-refractivity contribution in [3.05, 3.63) is 158 Å². The second-order valence-electron chi connectivity index (χ2n) is 13.7. The summed E-state index contributed by atoms with van der Waals surface area (Å²) in [6.07, 6.45) is 66.8. The maximum absolute atomic E-state index is 12.7. The Morgan fingerprint density at radius 3 is 1.25 bits per heavy atom. The summed E-state index contributed by atoms with van der Waals surface area (Å²) in [7, 11) is 0. The highest BCUT2D eigenvalue weighted by molar-refractivity contribution is 5.72. The van der Waals surface area contributed by atoms with Gasteiger partial charge in [-0.15, -0.1) is 0 Å². The van der Waals surface area contributed by atoms with Crippen molar-refractivity contribution in [2.45, 2.75) is 142 Å². The number of hydrogen-bond acceptors (Lipinski definition) is 6. The number of hydrogen-bond donors (Lipinski definition) is 0. The lowest BCUT2D eigenvalue weighted by Crippen LogP contribution is -2.30. The van der Waals surface area contributed by atoms with Crippen LogP contribution < -0.4 is 0 Å². The van der Waals surface area contributed by atoms with Gasteiger partial charge >= 0.3 is 17.9 Å². The van der Waals surface area contributed by atoms with Gasteiger partial charge in [0, 0.05) is 12.8 Å². The van der Waals surface area contributed by atoms with Gasteiger partial charge in [0.2, 0.25) is 0 Å². The van der Waals surface area contributed by atoms with Crippen molar-refractivity contribution in [1.82, 2.24) is 0 Å². The van der Waals surface area contributed by atoms with Crippen LogP contribution in [0.25, 0.3) is 0 Å². The maximum Gasteiger partial charge on any atom is 0.309 e. The van der Waals surface area contributed by atoms with Crippen molar-refractivity contribution in [2.24, 2.45) is 0 Å². The Kier molecular flexibility index (Phi) is 41.9. The molecule has 1 atom stereocenters. The van der Waals surface area contributed by atoms with E-state index in [9.17, 15) is 14.4 Å². The topological polar surface area (TPSA) is 78.9 Å². The zero-order valence-corrected chi connectivity index (χ0v) is 36.7. The molecule has 1 unspecified atom stereocenters. The first-order valence-corrected chi connectivity index (χ1v) is 22.1. The van der Waals surface area contributed by atoms with E-state index in [1.165, 1.54) is 0 Å². The second-order valence-corrected chi connectivity index (χ2v) is 13.7. The molecule has 0 rings (SSSR count). The van der Waals surface area contributed by atoms with Crippen LogP contribution in [0.15, 0.2) is 158 Å². The van der Waals surface area contributed by atoms with Gasteiger partial charge in [-0.05, 0) is 70.6 Å². The van der Waals surface area contributed by atoms with Gasteiger partial charge < -0.3 is 14.2 Å². The summed E-state index contributed by atoms with van der Waals surface area (Å²) in [6, 6.07) is 0. The summed E-state index contributed by atoms with van der Waals surface area (Å²) in [5.41, 5.74) is 0. The molecule has 0 spiro atoms. The molecular weight excluding hydrogens is 733 g/mol. The highest BCUT2D eigenvalue weighted by Crippen LogP contribution is 2.11. The third-order valence-corrected chi connectivity index (χ3v) is 8.30. The molecule has 0 aromatic heterocycles. The van der Waals surface area contributed by atoms with Gasteiger partial charge in [0.05, 0.1) is 6.42 Å². The van der Waals surface area contributed by atoms with Crippen LogP contribution in [0.2, 0.25) is 0 Å². The highest BCUT2D eigenvalue weighted by Gasteiger charge is 2.19. The average Bonchev–Trinajstić information content (AvgIpc) is 3.23. The van der Waals surface area contributed by atoms with E-state index in [0.29, 0.717) is 6.42 Å². The number of carbonyl (C=O) groups excluding carboxylic acids is 3. The molecule has 0 heterocycles. The molecule has 324 valence electrons. The van der Waals surface area contributed by atoms with E-state index in [2.05, 4.69) is 81.5 Å². The summed E-state index contributed by atoms with van der Waals surface area (Å²) in [6.45, 7) is 6.03. The molecule has 59 heavy (non-hydrogen) atoms. The average molecular weight is 809 g/mol. The summed E-state index contributed by atoms with van der Waals surface area (Å²) in [5.74, 6) is -1.16. The van der Waals surface area contributed by atoms with Crippen molar-refractivity contribution in [1.29, 1.82) is 0 Å². The van der Waals surface area contributed by atoms with E-state index in [1.807, 2.05) is 91.1 Å². The lowest BCUT2D eigenvalue weighted by Gasteiger charge is -2.18. The van der Waals surface area contributed by atoms with E-state index in [1.54, 1.807) is 6.08 Å². The zero-order valence-electron chi connectivity index (χ0n) is 36.7.